The Morgan fingerprint density at radius 3 is 2.38 bits per heavy atom. The monoisotopic (exact) mass is 339 g/mol. The lowest BCUT2D eigenvalue weighted by Gasteiger charge is -2.44. The predicted molar refractivity (Wildman–Crippen MR) is 89.0 cm³/mol. The van der Waals surface area contributed by atoms with Crippen LogP contribution in [0, 0.1) is 16.7 Å². The number of ketones is 1. The van der Waals surface area contributed by atoms with Crippen molar-refractivity contribution in [3.63, 3.8) is 0 Å². The Labute approximate surface area is 142 Å². The Kier molecular flexibility index (Phi) is 4.56. The molecule has 24 heavy (non-hydrogen) atoms. The van der Waals surface area contributed by atoms with Crippen LogP contribution in [0.5, 0.6) is 0 Å². The van der Waals surface area contributed by atoms with Crippen molar-refractivity contribution in [3.8, 4) is 0 Å². The van der Waals surface area contributed by atoms with Crippen molar-refractivity contribution in [2.75, 3.05) is 0 Å². The Morgan fingerprint density at radius 1 is 1.33 bits per heavy atom. The van der Waals surface area contributed by atoms with Crippen LogP contribution in [0.4, 0.5) is 0 Å². The van der Waals surface area contributed by atoms with Crippen LogP contribution in [-0.4, -0.2) is 40.4 Å². The lowest BCUT2D eigenvalue weighted by molar-refractivity contribution is -0.142. The van der Waals surface area contributed by atoms with Crippen molar-refractivity contribution < 1.29 is 19.5 Å². The fourth-order valence-electron chi connectivity index (χ4n) is 4.72. The zero-order valence-corrected chi connectivity index (χ0v) is 14.9. The highest BCUT2D eigenvalue weighted by molar-refractivity contribution is 6.12. The number of hydrogen-bond acceptors (Lipinski definition) is 5. The topological polar surface area (TPSA) is 136 Å². The zero-order valence-electron chi connectivity index (χ0n) is 14.9. The predicted octanol–water partition coefficient (Wildman–Crippen LogP) is 0.406. The van der Waals surface area contributed by atoms with Crippen molar-refractivity contribution in [2.24, 2.45) is 28.2 Å². The normalized spacial score (nSPS) is 34.4. The van der Waals surface area contributed by atoms with Gasteiger partial charge in [-0.05, 0) is 42.9 Å². The molecule has 2 aliphatic carbocycles. The standard InChI is InChI=1S/C17H29N3O4/c1-15(2)9-5-6-16(3,8-9)13(15)20-14(24)17(4,19)12(23)10(18)7-11(21)22/h9-10,13H,5-8,18-19H2,1-4H3,(H,20,24)(H,21,22)/t9?,10-,13?,16?,17+/m0/s1. The summed E-state index contributed by atoms with van der Waals surface area (Å²) in [4.78, 5) is 35.8. The van der Waals surface area contributed by atoms with Gasteiger partial charge in [0.2, 0.25) is 5.91 Å². The molecule has 6 N–H and O–H groups in total. The molecule has 2 fully saturated rings. The van der Waals surface area contributed by atoms with Gasteiger partial charge < -0.3 is 21.9 Å². The van der Waals surface area contributed by atoms with E-state index in [-0.39, 0.29) is 16.9 Å². The molecule has 7 heteroatoms. The van der Waals surface area contributed by atoms with Gasteiger partial charge in [0.05, 0.1) is 12.5 Å². The summed E-state index contributed by atoms with van der Waals surface area (Å²) in [5.74, 6) is -2.00. The molecular weight excluding hydrogens is 310 g/mol. The van der Waals surface area contributed by atoms with Crippen molar-refractivity contribution >= 4 is 17.7 Å². The van der Waals surface area contributed by atoms with E-state index in [4.69, 9.17) is 16.6 Å². The molecule has 2 saturated carbocycles. The van der Waals surface area contributed by atoms with Gasteiger partial charge in [-0.25, -0.2) is 0 Å². The molecule has 0 aromatic carbocycles. The second kappa shape index (κ2) is 5.81. The van der Waals surface area contributed by atoms with E-state index < -0.39 is 35.7 Å². The van der Waals surface area contributed by atoms with Gasteiger partial charge in [0, 0.05) is 6.04 Å². The average Bonchev–Trinajstić information content (AvgIpc) is 2.92. The summed E-state index contributed by atoms with van der Waals surface area (Å²) in [6.45, 7) is 7.74. The van der Waals surface area contributed by atoms with Gasteiger partial charge in [-0.2, -0.15) is 0 Å². The van der Waals surface area contributed by atoms with Crippen molar-refractivity contribution in [2.45, 2.75) is 71.0 Å². The molecule has 1 amide bonds. The molecule has 0 spiro atoms. The first-order chi connectivity index (χ1) is 10.8. The van der Waals surface area contributed by atoms with Crippen molar-refractivity contribution in [3.05, 3.63) is 0 Å². The van der Waals surface area contributed by atoms with Gasteiger partial charge in [0.1, 0.15) is 0 Å². The first-order valence-electron chi connectivity index (χ1n) is 8.44. The fraction of sp³-hybridized carbons (Fsp3) is 0.824. The lowest BCUT2D eigenvalue weighted by Crippen LogP contribution is -2.65. The second-order valence-corrected chi connectivity index (χ2v) is 8.59. The van der Waals surface area contributed by atoms with Crippen molar-refractivity contribution in [1.29, 1.82) is 0 Å². The minimum atomic E-state index is -1.84. The van der Waals surface area contributed by atoms with Gasteiger partial charge >= 0.3 is 5.97 Å². The average molecular weight is 339 g/mol. The van der Waals surface area contributed by atoms with Gasteiger partial charge in [-0.15, -0.1) is 0 Å². The number of fused-ring (bicyclic) bond motifs is 2. The van der Waals surface area contributed by atoms with E-state index in [1.165, 1.54) is 6.92 Å². The highest BCUT2D eigenvalue weighted by atomic mass is 16.4. The molecule has 2 rings (SSSR count). The maximum absolute atomic E-state index is 12.7. The summed E-state index contributed by atoms with van der Waals surface area (Å²) < 4.78 is 0. The minimum absolute atomic E-state index is 0.00609. The van der Waals surface area contributed by atoms with E-state index in [2.05, 4.69) is 26.1 Å². The summed E-state index contributed by atoms with van der Waals surface area (Å²) in [7, 11) is 0. The Bertz CT molecular complexity index is 567. The van der Waals surface area contributed by atoms with Crippen LogP contribution in [0.15, 0.2) is 0 Å². The SMILES string of the molecule is CC12CCC(C1)C(C)(C)C2NC(=O)[C@](C)(N)C(=O)[C@@H](N)CC(=O)O. The molecule has 0 saturated heterocycles. The number of carbonyl (C=O) groups excluding carboxylic acids is 2. The summed E-state index contributed by atoms with van der Waals surface area (Å²) in [6, 6.07) is -1.37. The molecule has 5 atom stereocenters. The highest BCUT2D eigenvalue weighted by Gasteiger charge is 2.60. The smallest absolute Gasteiger partial charge is 0.305 e. The summed E-state index contributed by atoms with van der Waals surface area (Å²) in [5, 5.41) is 11.8. The first kappa shape index (κ1) is 18.9. The number of rotatable bonds is 6. The molecule has 2 bridgehead atoms. The van der Waals surface area contributed by atoms with Crippen LogP contribution >= 0.6 is 0 Å². The first-order valence-corrected chi connectivity index (χ1v) is 8.44. The number of carboxylic acids is 1. The number of carbonyl (C=O) groups is 3. The summed E-state index contributed by atoms with van der Waals surface area (Å²) >= 11 is 0. The quantitative estimate of drug-likeness (QED) is 0.517. The van der Waals surface area contributed by atoms with E-state index >= 15 is 0 Å². The third kappa shape index (κ3) is 2.95. The number of nitrogens with two attached hydrogens (primary N) is 2. The van der Waals surface area contributed by atoms with Crippen LogP contribution in [0.2, 0.25) is 0 Å². The maximum atomic E-state index is 12.7. The maximum Gasteiger partial charge on any atom is 0.305 e. The van der Waals surface area contributed by atoms with Gasteiger partial charge in [0.25, 0.3) is 0 Å². The number of nitrogens with one attached hydrogen (secondary N) is 1. The fourth-order valence-corrected chi connectivity index (χ4v) is 4.72. The lowest BCUT2D eigenvalue weighted by atomic mass is 9.68. The minimum Gasteiger partial charge on any atom is -0.481 e. The number of hydrogen-bond donors (Lipinski definition) is 4. The third-order valence-electron chi connectivity index (χ3n) is 6.26. The molecule has 0 aliphatic heterocycles. The number of amides is 1. The molecule has 0 radical (unpaired) electrons. The largest absolute Gasteiger partial charge is 0.481 e. The molecule has 3 unspecified atom stereocenters. The van der Waals surface area contributed by atoms with E-state index in [1.807, 2.05) is 0 Å². The Morgan fingerprint density at radius 2 is 1.92 bits per heavy atom. The Balaban J connectivity index is 2.13. The second-order valence-electron chi connectivity index (χ2n) is 8.59. The summed E-state index contributed by atoms with van der Waals surface area (Å²) in [6.07, 6.45) is 2.70. The van der Waals surface area contributed by atoms with Gasteiger partial charge in [0.15, 0.2) is 11.3 Å². The van der Waals surface area contributed by atoms with Crippen molar-refractivity contribution in [1.82, 2.24) is 5.32 Å². The Hall–Kier alpha value is -1.47. The highest BCUT2D eigenvalue weighted by Crippen LogP contribution is 2.62. The number of Topliss-reactive ketones (excluding diaryl/α,β-unsaturated/α-hetero) is 1. The van der Waals surface area contributed by atoms with Gasteiger partial charge in [-0.1, -0.05) is 20.8 Å². The van der Waals surface area contributed by atoms with Gasteiger partial charge in [-0.3, -0.25) is 14.4 Å². The zero-order chi connectivity index (χ0) is 18.5. The van der Waals surface area contributed by atoms with E-state index in [0.29, 0.717) is 5.92 Å². The van der Waals surface area contributed by atoms with E-state index in [9.17, 15) is 14.4 Å². The molecule has 7 nitrogen and oxygen atoms in total. The third-order valence-corrected chi connectivity index (χ3v) is 6.26. The van der Waals surface area contributed by atoms with Crippen LogP contribution < -0.4 is 16.8 Å². The van der Waals surface area contributed by atoms with Crippen LogP contribution in [0.3, 0.4) is 0 Å². The van der Waals surface area contributed by atoms with Crippen LogP contribution in [0.1, 0.15) is 53.4 Å². The molecule has 136 valence electrons. The number of aliphatic carboxylic acids is 1. The molecule has 0 aromatic rings. The molecule has 2 aliphatic rings. The van der Waals surface area contributed by atoms with E-state index in [1.54, 1.807) is 0 Å². The van der Waals surface area contributed by atoms with Crippen LogP contribution in [0.25, 0.3) is 0 Å². The molecule has 0 aromatic heterocycles. The summed E-state index contributed by atoms with van der Waals surface area (Å²) in [5.41, 5.74) is 9.65. The van der Waals surface area contributed by atoms with Crippen LogP contribution in [-0.2, 0) is 14.4 Å². The number of carboxylic acid groups (broad SMARTS) is 1. The molecule has 0 heterocycles. The van der Waals surface area contributed by atoms with E-state index in [0.717, 1.165) is 19.3 Å². The molecular formula is C17H29N3O4.